The van der Waals surface area contributed by atoms with E-state index >= 15 is 0 Å². The Kier molecular flexibility index (Phi) is 6.11. The number of para-hydroxylation sites is 1. The number of fused-ring (bicyclic) bond motifs is 3. The number of nitrogens with zero attached hydrogens (tertiary/aromatic N) is 4. The molecule has 1 aliphatic carbocycles. The summed E-state index contributed by atoms with van der Waals surface area (Å²) in [7, 11) is 2.16. The Balaban J connectivity index is 1.30. The molecular weight excluding hydrogens is 424 g/mol. The largest absolute Gasteiger partial charge is 0.493 e. The molecule has 184 valence electrons. The summed E-state index contributed by atoms with van der Waals surface area (Å²) in [6, 6.07) is 8.42. The monoisotopic (exact) mass is 464 g/mol. The van der Waals surface area contributed by atoms with Crippen LogP contribution in [0.15, 0.2) is 24.3 Å². The van der Waals surface area contributed by atoms with Gasteiger partial charge in [0.05, 0.1) is 37.0 Å². The Hall–Kier alpha value is -2.50. The molecule has 0 spiro atoms. The molecule has 2 aromatic rings. The second-order valence-corrected chi connectivity index (χ2v) is 11.3. The topological polar surface area (TPSA) is 50.6 Å². The summed E-state index contributed by atoms with van der Waals surface area (Å²) in [5.41, 5.74) is 3.00. The summed E-state index contributed by atoms with van der Waals surface area (Å²) in [6.45, 7) is 11.0. The van der Waals surface area contributed by atoms with E-state index in [-0.39, 0.29) is 11.3 Å². The van der Waals surface area contributed by atoms with Gasteiger partial charge in [-0.05, 0) is 38.3 Å². The fraction of sp³-hybridized carbons (Fsp3) is 0.643. The first-order valence-corrected chi connectivity index (χ1v) is 13.1. The number of ether oxygens (including phenoxy) is 1. The molecule has 0 radical (unpaired) electrons. The van der Waals surface area contributed by atoms with Gasteiger partial charge in [0.25, 0.3) is 5.91 Å². The van der Waals surface area contributed by atoms with Crippen LogP contribution in [0.25, 0.3) is 0 Å². The molecule has 1 aromatic carbocycles. The summed E-state index contributed by atoms with van der Waals surface area (Å²) in [5.74, 6) is 2.68. The van der Waals surface area contributed by atoms with E-state index in [1.165, 1.54) is 43.5 Å². The maximum atomic E-state index is 13.6. The minimum absolute atomic E-state index is 0.0323. The van der Waals surface area contributed by atoms with Gasteiger partial charge in [-0.2, -0.15) is 5.10 Å². The Morgan fingerprint density at radius 1 is 1.09 bits per heavy atom. The molecule has 1 saturated carbocycles. The van der Waals surface area contributed by atoms with Crippen molar-refractivity contribution in [1.82, 2.24) is 14.7 Å². The summed E-state index contributed by atoms with van der Waals surface area (Å²) >= 11 is 0. The van der Waals surface area contributed by atoms with Gasteiger partial charge in [0.2, 0.25) is 0 Å². The van der Waals surface area contributed by atoms with Crippen molar-refractivity contribution in [1.29, 1.82) is 0 Å². The van der Waals surface area contributed by atoms with Gasteiger partial charge in [-0.1, -0.05) is 58.1 Å². The third-order valence-electron chi connectivity index (χ3n) is 9.10. The van der Waals surface area contributed by atoms with Crippen LogP contribution in [0.2, 0.25) is 0 Å². The van der Waals surface area contributed by atoms with Crippen LogP contribution in [0.1, 0.15) is 93.9 Å². The van der Waals surface area contributed by atoms with Crippen LogP contribution >= 0.6 is 0 Å². The number of hydrogen-bond donors (Lipinski definition) is 0. The molecule has 6 nitrogen and oxygen atoms in total. The quantitative estimate of drug-likeness (QED) is 0.560. The normalized spacial score (nSPS) is 24.1. The molecular formula is C28H40N4O2. The first kappa shape index (κ1) is 23.3. The van der Waals surface area contributed by atoms with Crippen molar-refractivity contribution in [3.8, 4) is 5.75 Å². The molecule has 0 N–H and O–H groups in total. The van der Waals surface area contributed by atoms with Crippen molar-refractivity contribution in [2.24, 2.45) is 11.3 Å². The van der Waals surface area contributed by atoms with Crippen molar-refractivity contribution in [2.45, 2.75) is 91.4 Å². The van der Waals surface area contributed by atoms with E-state index < -0.39 is 0 Å². The number of rotatable bonds is 5. The van der Waals surface area contributed by atoms with E-state index in [1.807, 2.05) is 29.2 Å². The summed E-state index contributed by atoms with van der Waals surface area (Å²) in [4.78, 5) is 17.8. The number of benzene rings is 1. The van der Waals surface area contributed by atoms with Gasteiger partial charge in [0.1, 0.15) is 11.6 Å². The average molecular weight is 465 g/mol. The minimum Gasteiger partial charge on any atom is -0.493 e. The van der Waals surface area contributed by atoms with Crippen LogP contribution in [0.3, 0.4) is 0 Å². The number of amides is 1. The van der Waals surface area contributed by atoms with Crippen LogP contribution in [-0.2, 0) is 13.1 Å². The Bertz CT molecular complexity index is 1050. The second-order valence-electron chi connectivity index (χ2n) is 11.3. The molecule has 2 unspecified atom stereocenters. The standard InChI is InChI=1S/C28H40N4O2/c1-19-28(3,4)20(2)32-26(30(19)5)23-17-31(18-24(23)29-32)27(33)22-13-9-10-14-25(22)34-16-15-21-11-7-6-8-12-21/h9-10,13-14,19-21H,6-8,11-12,15-18H2,1-5H3. The Morgan fingerprint density at radius 3 is 2.59 bits per heavy atom. The van der Waals surface area contributed by atoms with Gasteiger partial charge in [-0.25, -0.2) is 4.68 Å². The van der Waals surface area contributed by atoms with Crippen molar-refractivity contribution in [3.05, 3.63) is 41.1 Å². The first-order chi connectivity index (χ1) is 16.3. The molecule has 1 amide bonds. The van der Waals surface area contributed by atoms with Gasteiger partial charge in [0.15, 0.2) is 0 Å². The highest BCUT2D eigenvalue weighted by atomic mass is 16.5. The molecule has 5 rings (SSSR count). The van der Waals surface area contributed by atoms with Gasteiger partial charge >= 0.3 is 0 Å². The lowest BCUT2D eigenvalue weighted by atomic mass is 9.76. The number of anilines is 1. The number of carbonyl (C=O) groups excluding carboxylic acids is 1. The second kappa shape index (κ2) is 8.94. The smallest absolute Gasteiger partial charge is 0.258 e. The van der Waals surface area contributed by atoms with E-state index in [2.05, 4.69) is 44.3 Å². The molecule has 2 aliphatic heterocycles. The lowest BCUT2D eigenvalue weighted by molar-refractivity contribution is 0.0741. The summed E-state index contributed by atoms with van der Waals surface area (Å²) in [5, 5.41) is 4.99. The zero-order valence-corrected chi connectivity index (χ0v) is 21.5. The van der Waals surface area contributed by atoms with Gasteiger partial charge in [-0.15, -0.1) is 0 Å². The molecule has 1 aromatic heterocycles. The van der Waals surface area contributed by atoms with Gasteiger partial charge < -0.3 is 14.5 Å². The van der Waals surface area contributed by atoms with Crippen molar-refractivity contribution in [3.63, 3.8) is 0 Å². The fourth-order valence-electron chi connectivity index (χ4n) is 6.11. The number of aromatic nitrogens is 2. The van der Waals surface area contributed by atoms with Crippen molar-refractivity contribution >= 4 is 11.7 Å². The number of hydrogen-bond acceptors (Lipinski definition) is 4. The summed E-state index contributed by atoms with van der Waals surface area (Å²) < 4.78 is 8.35. The minimum atomic E-state index is 0.0323. The van der Waals surface area contributed by atoms with E-state index in [0.29, 0.717) is 43.1 Å². The Morgan fingerprint density at radius 2 is 1.82 bits per heavy atom. The zero-order chi connectivity index (χ0) is 24.0. The van der Waals surface area contributed by atoms with Gasteiger partial charge in [0, 0.05) is 24.1 Å². The van der Waals surface area contributed by atoms with Crippen LogP contribution in [0.5, 0.6) is 5.75 Å². The van der Waals surface area contributed by atoms with Crippen molar-refractivity contribution in [2.75, 3.05) is 18.6 Å². The molecule has 2 atom stereocenters. The predicted octanol–water partition coefficient (Wildman–Crippen LogP) is 5.81. The summed E-state index contributed by atoms with van der Waals surface area (Å²) in [6.07, 6.45) is 7.77. The van der Waals surface area contributed by atoms with Crippen LogP contribution < -0.4 is 9.64 Å². The highest BCUT2D eigenvalue weighted by Crippen LogP contribution is 2.47. The highest BCUT2D eigenvalue weighted by Gasteiger charge is 2.45. The highest BCUT2D eigenvalue weighted by molar-refractivity contribution is 5.97. The molecule has 1 fully saturated rings. The van der Waals surface area contributed by atoms with Crippen molar-refractivity contribution < 1.29 is 9.53 Å². The van der Waals surface area contributed by atoms with Crippen LogP contribution in [0.4, 0.5) is 5.82 Å². The molecule has 3 aliphatic rings. The van der Waals surface area contributed by atoms with Crippen LogP contribution in [0, 0.1) is 11.3 Å². The Labute approximate surface area is 204 Å². The first-order valence-electron chi connectivity index (χ1n) is 13.1. The average Bonchev–Trinajstić information content (AvgIpc) is 3.41. The van der Waals surface area contributed by atoms with E-state index in [1.54, 1.807) is 0 Å². The third-order valence-corrected chi connectivity index (χ3v) is 9.10. The lowest BCUT2D eigenvalue weighted by Crippen LogP contribution is -2.51. The zero-order valence-electron chi connectivity index (χ0n) is 21.5. The van der Waals surface area contributed by atoms with E-state index in [9.17, 15) is 4.79 Å². The maximum Gasteiger partial charge on any atom is 0.258 e. The number of carbonyl (C=O) groups is 1. The lowest BCUT2D eigenvalue weighted by Gasteiger charge is -2.48. The fourth-order valence-corrected chi connectivity index (χ4v) is 6.11. The molecule has 34 heavy (non-hydrogen) atoms. The molecule has 3 heterocycles. The van der Waals surface area contributed by atoms with E-state index in [4.69, 9.17) is 9.84 Å². The van der Waals surface area contributed by atoms with E-state index in [0.717, 1.165) is 18.0 Å². The predicted molar refractivity (Wildman–Crippen MR) is 135 cm³/mol. The molecule has 0 saturated heterocycles. The molecule has 0 bridgehead atoms. The SMILES string of the molecule is CC1N(C)c2c3c(nn2C(C)C1(C)C)CN(C(=O)c1ccccc1OCCC1CCCCC1)C3. The van der Waals surface area contributed by atoms with Crippen LogP contribution in [-0.4, -0.2) is 40.3 Å². The third kappa shape index (κ3) is 3.89. The molecule has 6 heteroatoms. The maximum absolute atomic E-state index is 13.6. The van der Waals surface area contributed by atoms with Gasteiger partial charge in [-0.3, -0.25) is 4.79 Å².